The fraction of sp³-hybridized carbons (Fsp3) is 0.412. The van der Waals surface area contributed by atoms with Gasteiger partial charge < -0.3 is 20.3 Å². The standard InChI is InChI=1S/C17H19NO5/c1-3-12-10(2)13(19)17(23-12)14(20)16(22,18-15(17)21)9-11-7-5-4-6-8-11/h4-8,14,20,22H,3,9H2,1-2H3,(H,18,21)/t14-,16-,17+/m1/s1. The van der Waals surface area contributed by atoms with E-state index in [0.717, 1.165) is 5.56 Å². The lowest BCUT2D eigenvalue weighted by molar-refractivity contribution is -0.162. The summed E-state index contributed by atoms with van der Waals surface area (Å²) in [5.74, 6) is -1.03. The summed E-state index contributed by atoms with van der Waals surface area (Å²) in [7, 11) is 0. The fourth-order valence-electron chi connectivity index (χ4n) is 3.26. The van der Waals surface area contributed by atoms with Crippen LogP contribution in [0.1, 0.15) is 25.8 Å². The van der Waals surface area contributed by atoms with E-state index in [9.17, 15) is 19.8 Å². The zero-order valence-electron chi connectivity index (χ0n) is 13.0. The van der Waals surface area contributed by atoms with Crippen molar-refractivity contribution in [2.75, 3.05) is 0 Å². The number of aliphatic hydroxyl groups is 2. The summed E-state index contributed by atoms with van der Waals surface area (Å²) in [5, 5.41) is 23.7. The molecule has 1 spiro atoms. The van der Waals surface area contributed by atoms with Crippen LogP contribution in [-0.4, -0.2) is 39.3 Å². The number of hydrogen-bond donors (Lipinski definition) is 3. The van der Waals surface area contributed by atoms with Gasteiger partial charge in [0.25, 0.3) is 11.5 Å². The molecule has 1 amide bonds. The van der Waals surface area contributed by atoms with Gasteiger partial charge in [-0.3, -0.25) is 9.59 Å². The summed E-state index contributed by atoms with van der Waals surface area (Å²) in [6, 6.07) is 8.93. The Labute approximate surface area is 133 Å². The molecule has 2 aliphatic heterocycles. The Bertz CT molecular complexity index is 698. The zero-order valence-corrected chi connectivity index (χ0v) is 13.0. The lowest BCUT2D eigenvalue weighted by Crippen LogP contribution is -2.56. The minimum absolute atomic E-state index is 0.0281. The van der Waals surface area contributed by atoms with Gasteiger partial charge in [-0.1, -0.05) is 37.3 Å². The Hall–Kier alpha value is -2.18. The first-order valence-corrected chi connectivity index (χ1v) is 7.55. The highest BCUT2D eigenvalue weighted by molar-refractivity contribution is 6.20. The molecule has 1 aromatic carbocycles. The molecule has 1 saturated heterocycles. The summed E-state index contributed by atoms with van der Waals surface area (Å²) in [6.45, 7) is 3.35. The van der Waals surface area contributed by atoms with Crippen LogP contribution in [0.25, 0.3) is 0 Å². The molecule has 1 aromatic rings. The summed E-state index contributed by atoms with van der Waals surface area (Å²) >= 11 is 0. The number of nitrogens with one attached hydrogen (secondary N) is 1. The third-order valence-electron chi connectivity index (χ3n) is 4.52. The van der Waals surface area contributed by atoms with Crippen molar-refractivity contribution in [1.82, 2.24) is 5.32 Å². The van der Waals surface area contributed by atoms with Gasteiger partial charge in [-0.05, 0) is 12.5 Å². The van der Waals surface area contributed by atoms with Crippen LogP contribution in [0.5, 0.6) is 0 Å². The number of rotatable bonds is 3. The minimum atomic E-state index is -2.08. The Balaban J connectivity index is 1.95. The molecule has 3 rings (SSSR count). The average Bonchev–Trinajstić information content (AvgIpc) is 2.89. The Morgan fingerprint density at radius 1 is 1.26 bits per heavy atom. The van der Waals surface area contributed by atoms with Crippen molar-refractivity contribution < 1.29 is 24.5 Å². The predicted octanol–water partition coefficient (Wildman–Crippen LogP) is 0.430. The molecule has 0 bridgehead atoms. The largest absolute Gasteiger partial charge is 0.470 e. The number of carbonyl (C=O) groups excluding carboxylic acids is 2. The Morgan fingerprint density at radius 2 is 1.91 bits per heavy atom. The molecule has 0 aromatic heterocycles. The van der Waals surface area contributed by atoms with Crippen LogP contribution in [0.4, 0.5) is 0 Å². The molecule has 3 N–H and O–H groups in total. The molecule has 122 valence electrons. The summed E-state index contributed by atoms with van der Waals surface area (Å²) < 4.78 is 5.55. The second-order valence-corrected chi connectivity index (χ2v) is 6.01. The number of carbonyl (C=O) groups is 2. The molecular formula is C17H19NO5. The Morgan fingerprint density at radius 3 is 2.48 bits per heavy atom. The normalized spacial score (nSPS) is 33.3. The van der Waals surface area contributed by atoms with E-state index in [2.05, 4.69) is 5.32 Å². The summed E-state index contributed by atoms with van der Waals surface area (Å²) in [5.41, 5.74) is -3.01. The van der Waals surface area contributed by atoms with Gasteiger partial charge in [0.2, 0.25) is 5.78 Å². The van der Waals surface area contributed by atoms with Crippen molar-refractivity contribution in [1.29, 1.82) is 0 Å². The highest BCUT2D eigenvalue weighted by Gasteiger charge is 2.70. The second-order valence-electron chi connectivity index (χ2n) is 6.01. The first kappa shape index (κ1) is 15.7. The van der Waals surface area contributed by atoms with Crippen molar-refractivity contribution in [3.05, 3.63) is 47.2 Å². The smallest absolute Gasteiger partial charge is 0.278 e. The topological polar surface area (TPSA) is 95.9 Å². The van der Waals surface area contributed by atoms with Crippen LogP contribution in [0, 0.1) is 0 Å². The Kier molecular flexibility index (Phi) is 3.54. The number of allylic oxidation sites excluding steroid dienone is 1. The van der Waals surface area contributed by atoms with Crippen molar-refractivity contribution in [3.63, 3.8) is 0 Å². The number of amides is 1. The van der Waals surface area contributed by atoms with Crippen molar-refractivity contribution >= 4 is 11.7 Å². The highest BCUT2D eigenvalue weighted by Crippen LogP contribution is 2.42. The molecule has 6 nitrogen and oxygen atoms in total. The lowest BCUT2D eigenvalue weighted by Gasteiger charge is -2.30. The van der Waals surface area contributed by atoms with Gasteiger partial charge in [-0.15, -0.1) is 0 Å². The first-order valence-electron chi connectivity index (χ1n) is 7.55. The minimum Gasteiger partial charge on any atom is -0.470 e. The number of hydrogen-bond acceptors (Lipinski definition) is 5. The van der Waals surface area contributed by atoms with Crippen LogP contribution < -0.4 is 5.32 Å². The van der Waals surface area contributed by atoms with E-state index in [-0.39, 0.29) is 6.42 Å². The summed E-state index contributed by atoms with van der Waals surface area (Å²) in [4.78, 5) is 25.0. The van der Waals surface area contributed by atoms with E-state index in [1.807, 2.05) is 6.07 Å². The quantitative estimate of drug-likeness (QED) is 0.703. The molecule has 23 heavy (non-hydrogen) atoms. The van der Waals surface area contributed by atoms with Crippen LogP contribution in [0.15, 0.2) is 41.7 Å². The van der Waals surface area contributed by atoms with Gasteiger partial charge >= 0.3 is 0 Å². The number of benzene rings is 1. The van der Waals surface area contributed by atoms with Gasteiger partial charge in [0.1, 0.15) is 5.76 Å². The van der Waals surface area contributed by atoms with Gasteiger partial charge in [-0.2, -0.15) is 0 Å². The van der Waals surface area contributed by atoms with E-state index in [4.69, 9.17) is 4.74 Å². The second kappa shape index (κ2) is 5.18. The molecule has 2 heterocycles. The van der Waals surface area contributed by atoms with Gasteiger partial charge in [0.15, 0.2) is 11.8 Å². The third-order valence-corrected chi connectivity index (χ3v) is 4.52. The highest BCUT2D eigenvalue weighted by atomic mass is 16.5. The molecule has 1 fully saturated rings. The molecule has 3 atom stereocenters. The van der Waals surface area contributed by atoms with E-state index in [1.165, 1.54) is 0 Å². The van der Waals surface area contributed by atoms with Crippen molar-refractivity contribution in [2.24, 2.45) is 0 Å². The molecule has 0 aliphatic carbocycles. The first-order chi connectivity index (χ1) is 10.8. The van der Waals surface area contributed by atoms with Crippen LogP contribution in [0.3, 0.4) is 0 Å². The number of aliphatic hydroxyl groups excluding tert-OH is 1. The monoisotopic (exact) mass is 317 g/mol. The van der Waals surface area contributed by atoms with E-state index in [0.29, 0.717) is 17.8 Å². The maximum absolute atomic E-state index is 12.5. The van der Waals surface area contributed by atoms with E-state index in [1.54, 1.807) is 38.1 Å². The van der Waals surface area contributed by atoms with Crippen LogP contribution in [-0.2, 0) is 20.7 Å². The molecule has 6 heteroatoms. The average molecular weight is 317 g/mol. The molecule has 2 aliphatic rings. The summed E-state index contributed by atoms with van der Waals surface area (Å²) in [6.07, 6.45) is -1.30. The third kappa shape index (κ3) is 2.09. The van der Waals surface area contributed by atoms with Crippen LogP contribution in [0.2, 0.25) is 0 Å². The van der Waals surface area contributed by atoms with Crippen molar-refractivity contribution in [2.45, 2.75) is 44.1 Å². The predicted molar refractivity (Wildman–Crippen MR) is 81.1 cm³/mol. The van der Waals surface area contributed by atoms with E-state index < -0.39 is 29.1 Å². The molecule has 0 radical (unpaired) electrons. The lowest BCUT2D eigenvalue weighted by atomic mass is 9.85. The van der Waals surface area contributed by atoms with Gasteiger partial charge in [-0.25, -0.2) is 0 Å². The van der Waals surface area contributed by atoms with Crippen molar-refractivity contribution in [3.8, 4) is 0 Å². The maximum atomic E-state index is 12.5. The van der Waals surface area contributed by atoms with Crippen LogP contribution >= 0.6 is 0 Å². The molecular weight excluding hydrogens is 298 g/mol. The van der Waals surface area contributed by atoms with E-state index >= 15 is 0 Å². The SMILES string of the molecule is CCC1=C(C)C(=O)[C@@]2(O1)C(=O)N[C@@](O)(Cc1ccccc1)[C@H]2O. The number of ether oxygens (including phenoxy) is 1. The maximum Gasteiger partial charge on any atom is 0.278 e. The zero-order chi connectivity index (χ0) is 16.8. The van der Waals surface area contributed by atoms with Gasteiger partial charge in [0, 0.05) is 18.4 Å². The van der Waals surface area contributed by atoms with Gasteiger partial charge in [0.05, 0.1) is 0 Å². The molecule has 0 saturated carbocycles. The molecule has 0 unspecified atom stereocenters. The fourth-order valence-corrected chi connectivity index (χ4v) is 3.26. The number of Topliss-reactive ketones (excluding diaryl/α,β-unsaturated/α-hetero) is 1. The number of ketones is 1.